The lowest BCUT2D eigenvalue weighted by atomic mass is 10.1. The first-order valence-electron chi connectivity index (χ1n) is 7.38. The second kappa shape index (κ2) is 6.30. The van der Waals surface area contributed by atoms with Crippen LogP contribution in [0.15, 0.2) is 47.2 Å². The highest BCUT2D eigenvalue weighted by Gasteiger charge is 2.14. The number of anilines is 2. The van der Waals surface area contributed by atoms with Gasteiger partial charge in [-0.1, -0.05) is 12.1 Å². The number of thiophene rings is 1. The van der Waals surface area contributed by atoms with Crippen molar-refractivity contribution in [1.82, 2.24) is 10.3 Å². The molecule has 4 nitrogen and oxygen atoms in total. The van der Waals surface area contributed by atoms with Crippen molar-refractivity contribution in [2.45, 2.75) is 6.92 Å². The van der Waals surface area contributed by atoms with Crippen LogP contribution >= 0.6 is 11.3 Å². The number of amides is 1. The summed E-state index contributed by atoms with van der Waals surface area (Å²) in [6, 6.07) is 12.4. The van der Waals surface area contributed by atoms with E-state index in [1.54, 1.807) is 18.4 Å². The van der Waals surface area contributed by atoms with Crippen LogP contribution in [0.2, 0.25) is 0 Å². The van der Waals surface area contributed by atoms with Crippen LogP contribution in [0.3, 0.4) is 0 Å². The lowest BCUT2D eigenvalue weighted by Gasteiger charge is -2.19. The van der Waals surface area contributed by atoms with Gasteiger partial charge in [0.15, 0.2) is 0 Å². The number of benzene rings is 1. The van der Waals surface area contributed by atoms with Crippen LogP contribution in [0.1, 0.15) is 16.2 Å². The Labute approximate surface area is 139 Å². The average Bonchev–Trinajstić information content (AvgIpc) is 3.23. The van der Waals surface area contributed by atoms with Gasteiger partial charge in [0.05, 0.1) is 5.69 Å². The van der Waals surface area contributed by atoms with Crippen molar-refractivity contribution in [3.05, 3.63) is 58.5 Å². The maximum Gasteiger partial charge on any atom is 0.267 e. The highest BCUT2D eigenvalue weighted by atomic mass is 32.1. The molecule has 3 rings (SSSR count). The van der Waals surface area contributed by atoms with Crippen LogP contribution in [-0.4, -0.2) is 25.0 Å². The predicted molar refractivity (Wildman–Crippen MR) is 96.7 cm³/mol. The molecule has 1 aromatic carbocycles. The van der Waals surface area contributed by atoms with Crippen LogP contribution < -0.4 is 10.2 Å². The summed E-state index contributed by atoms with van der Waals surface area (Å²) in [4.78, 5) is 17.0. The minimum atomic E-state index is -0.111. The Morgan fingerprint density at radius 1 is 1.22 bits per heavy atom. The first-order chi connectivity index (χ1) is 11.1. The zero-order valence-electron chi connectivity index (χ0n) is 13.4. The van der Waals surface area contributed by atoms with Crippen molar-refractivity contribution in [1.29, 1.82) is 0 Å². The monoisotopic (exact) mass is 325 g/mol. The quantitative estimate of drug-likeness (QED) is 0.756. The number of carbonyl (C=O) groups is 1. The number of aromatic amines is 1. The molecular formula is C18H19N3OS. The first kappa shape index (κ1) is 15.4. The number of H-pyrrole nitrogens is 1. The maximum absolute atomic E-state index is 11.8. The zero-order valence-corrected chi connectivity index (χ0v) is 14.2. The third-order valence-electron chi connectivity index (χ3n) is 3.91. The topological polar surface area (TPSA) is 48.1 Å². The first-order valence-corrected chi connectivity index (χ1v) is 8.32. The summed E-state index contributed by atoms with van der Waals surface area (Å²) >= 11 is 1.69. The number of nitrogens with one attached hydrogen (secondary N) is 2. The number of aromatic nitrogens is 1. The van der Waals surface area contributed by atoms with E-state index in [1.165, 1.54) is 11.1 Å². The second-order valence-corrected chi connectivity index (χ2v) is 6.17. The molecule has 2 N–H and O–H groups in total. The van der Waals surface area contributed by atoms with E-state index in [2.05, 4.69) is 56.3 Å². The molecule has 0 fully saturated rings. The molecule has 0 saturated carbocycles. The van der Waals surface area contributed by atoms with E-state index in [4.69, 9.17) is 0 Å². The largest absolute Gasteiger partial charge is 0.354 e. The fraction of sp³-hybridized carbons (Fsp3) is 0.167. The summed E-state index contributed by atoms with van der Waals surface area (Å²) in [5.74, 6) is -0.111. The number of carbonyl (C=O) groups excluding carboxylic acids is 1. The Hall–Kier alpha value is -2.53. The summed E-state index contributed by atoms with van der Waals surface area (Å²) in [5, 5.41) is 6.86. The highest BCUT2D eigenvalue weighted by molar-refractivity contribution is 7.08. The van der Waals surface area contributed by atoms with E-state index < -0.39 is 0 Å². The summed E-state index contributed by atoms with van der Waals surface area (Å²) in [5.41, 5.74) is 6.02. The van der Waals surface area contributed by atoms with Gasteiger partial charge in [-0.3, -0.25) is 4.79 Å². The third kappa shape index (κ3) is 3.00. The van der Waals surface area contributed by atoms with E-state index in [0.29, 0.717) is 5.69 Å². The average molecular weight is 325 g/mol. The van der Waals surface area contributed by atoms with Crippen molar-refractivity contribution < 1.29 is 4.79 Å². The van der Waals surface area contributed by atoms with Crippen LogP contribution in [0.5, 0.6) is 0 Å². The fourth-order valence-corrected chi connectivity index (χ4v) is 3.28. The van der Waals surface area contributed by atoms with Gasteiger partial charge in [0.1, 0.15) is 5.69 Å². The van der Waals surface area contributed by atoms with E-state index in [9.17, 15) is 4.79 Å². The Bertz CT molecular complexity index is 821. The number of aryl methyl sites for hydroxylation is 1. The number of hydrogen-bond acceptors (Lipinski definition) is 3. The standard InChI is InChI=1S/C18H19N3OS/c1-12-17(10-16(20-12)18(22)19-2)21(3)15-6-4-5-13(9-15)14-7-8-23-11-14/h4-11,20H,1-3H3,(H,19,22). The summed E-state index contributed by atoms with van der Waals surface area (Å²) in [7, 11) is 3.64. The molecule has 23 heavy (non-hydrogen) atoms. The fourth-order valence-electron chi connectivity index (χ4n) is 2.61. The van der Waals surface area contributed by atoms with Crippen LogP contribution in [-0.2, 0) is 0 Å². The minimum Gasteiger partial charge on any atom is -0.354 e. The molecule has 5 heteroatoms. The van der Waals surface area contributed by atoms with Gasteiger partial charge in [-0.2, -0.15) is 11.3 Å². The van der Waals surface area contributed by atoms with Crippen LogP contribution in [0, 0.1) is 6.92 Å². The van der Waals surface area contributed by atoms with E-state index in [0.717, 1.165) is 17.1 Å². The van der Waals surface area contributed by atoms with Gasteiger partial charge >= 0.3 is 0 Å². The molecule has 0 radical (unpaired) electrons. The van der Waals surface area contributed by atoms with Gasteiger partial charge in [-0.25, -0.2) is 0 Å². The summed E-state index contributed by atoms with van der Waals surface area (Å²) < 4.78 is 0. The van der Waals surface area contributed by atoms with Gasteiger partial charge in [-0.05, 0) is 53.1 Å². The number of nitrogens with zero attached hydrogens (tertiary/aromatic N) is 1. The van der Waals surface area contributed by atoms with Crippen molar-refractivity contribution in [2.75, 3.05) is 19.0 Å². The van der Waals surface area contributed by atoms with Gasteiger partial charge in [-0.15, -0.1) is 0 Å². The zero-order chi connectivity index (χ0) is 16.4. The second-order valence-electron chi connectivity index (χ2n) is 5.39. The molecule has 0 bridgehead atoms. The van der Waals surface area contributed by atoms with Gasteiger partial charge in [0.25, 0.3) is 5.91 Å². The van der Waals surface area contributed by atoms with Gasteiger partial charge < -0.3 is 15.2 Å². The Morgan fingerprint density at radius 3 is 2.74 bits per heavy atom. The van der Waals surface area contributed by atoms with Gasteiger partial charge in [0.2, 0.25) is 0 Å². The summed E-state index contributed by atoms with van der Waals surface area (Å²) in [6.45, 7) is 1.97. The maximum atomic E-state index is 11.8. The SMILES string of the molecule is CNC(=O)c1cc(N(C)c2cccc(-c3ccsc3)c2)c(C)[nH]1. The smallest absolute Gasteiger partial charge is 0.267 e. The lowest BCUT2D eigenvalue weighted by molar-refractivity contribution is 0.0958. The van der Waals surface area contributed by atoms with Crippen molar-refractivity contribution in [3.63, 3.8) is 0 Å². The minimum absolute atomic E-state index is 0.111. The van der Waals surface area contributed by atoms with E-state index in [1.807, 2.05) is 20.0 Å². The molecule has 0 aliphatic rings. The molecule has 0 saturated heterocycles. The Kier molecular flexibility index (Phi) is 4.21. The van der Waals surface area contributed by atoms with Crippen molar-refractivity contribution >= 4 is 28.6 Å². The Morgan fingerprint density at radius 2 is 2.04 bits per heavy atom. The van der Waals surface area contributed by atoms with Crippen molar-refractivity contribution in [2.24, 2.45) is 0 Å². The predicted octanol–water partition coefficient (Wildman–Crippen LogP) is 4.18. The molecular weight excluding hydrogens is 306 g/mol. The van der Waals surface area contributed by atoms with Crippen LogP contribution in [0.25, 0.3) is 11.1 Å². The normalized spacial score (nSPS) is 10.6. The molecule has 1 amide bonds. The van der Waals surface area contributed by atoms with E-state index >= 15 is 0 Å². The van der Waals surface area contributed by atoms with E-state index in [-0.39, 0.29) is 5.91 Å². The summed E-state index contributed by atoms with van der Waals surface area (Å²) in [6.07, 6.45) is 0. The number of rotatable bonds is 4. The Balaban J connectivity index is 1.94. The molecule has 0 aliphatic heterocycles. The molecule has 0 aliphatic carbocycles. The molecule has 0 atom stereocenters. The molecule has 3 aromatic rings. The molecule has 118 valence electrons. The highest BCUT2D eigenvalue weighted by Crippen LogP contribution is 2.31. The lowest BCUT2D eigenvalue weighted by Crippen LogP contribution is -2.18. The van der Waals surface area contributed by atoms with Gasteiger partial charge in [0, 0.05) is 25.5 Å². The molecule has 2 aromatic heterocycles. The third-order valence-corrected chi connectivity index (χ3v) is 4.59. The molecule has 0 spiro atoms. The number of hydrogen-bond donors (Lipinski definition) is 2. The van der Waals surface area contributed by atoms with Crippen molar-refractivity contribution in [3.8, 4) is 11.1 Å². The van der Waals surface area contributed by atoms with Crippen LogP contribution in [0.4, 0.5) is 11.4 Å². The molecule has 0 unspecified atom stereocenters. The molecule has 2 heterocycles.